The van der Waals surface area contributed by atoms with Crippen molar-refractivity contribution in [2.75, 3.05) is 13.6 Å². The molecule has 1 saturated heterocycles. The van der Waals surface area contributed by atoms with Gasteiger partial charge in [0.25, 0.3) is 0 Å². The number of ether oxygens (including phenoxy) is 3. The summed E-state index contributed by atoms with van der Waals surface area (Å²) < 4.78 is 18.2. The molecule has 2 saturated carbocycles. The van der Waals surface area contributed by atoms with Crippen molar-refractivity contribution in [1.82, 2.24) is 4.90 Å². The number of nitrogens with zero attached hydrogens (tertiary/aromatic N) is 1. The number of carbonyl (C=O) groups excluding carboxylic acids is 2. The van der Waals surface area contributed by atoms with E-state index in [1.165, 1.54) is 12.0 Å². The van der Waals surface area contributed by atoms with Crippen LogP contribution >= 0.6 is 0 Å². The zero-order valence-electron chi connectivity index (χ0n) is 20.8. The maximum absolute atomic E-state index is 13.1. The fourth-order valence-electron chi connectivity index (χ4n) is 8.08. The Morgan fingerprint density at radius 3 is 2.85 bits per heavy atom. The molecule has 1 aromatic carbocycles. The Labute approximate surface area is 202 Å². The quantitative estimate of drug-likeness (QED) is 0.465. The highest BCUT2D eigenvalue weighted by Gasteiger charge is 2.65. The molecule has 6 rings (SSSR count). The van der Waals surface area contributed by atoms with Gasteiger partial charge in [-0.15, -0.1) is 0 Å². The van der Waals surface area contributed by atoms with Crippen molar-refractivity contribution in [2.45, 2.75) is 89.4 Å². The van der Waals surface area contributed by atoms with Crippen LogP contribution in [0.3, 0.4) is 0 Å². The summed E-state index contributed by atoms with van der Waals surface area (Å²) in [7, 11) is 2.20. The van der Waals surface area contributed by atoms with Crippen LogP contribution in [0.4, 0.5) is 4.79 Å². The number of hydrogen-bond donors (Lipinski definition) is 0. The van der Waals surface area contributed by atoms with E-state index in [2.05, 4.69) is 38.8 Å². The molecule has 1 unspecified atom stereocenters. The monoisotopic (exact) mass is 467 g/mol. The van der Waals surface area contributed by atoms with Crippen molar-refractivity contribution in [2.24, 2.45) is 23.7 Å². The van der Waals surface area contributed by atoms with Gasteiger partial charge >= 0.3 is 6.16 Å². The van der Waals surface area contributed by atoms with Gasteiger partial charge in [0.15, 0.2) is 23.4 Å². The van der Waals surface area contributed by atoms with Crippen LogP contribution in [0.15, 0.2) is 12.1 Å². The first-order valence-corrected chi connectivity index (χ1v) is 13.2. The van der Waals surface area contributed by atoms with Crippen molar-refractivity contribution in [3.63, 3.8) is 0 Å². The van der Waals surface area contributed by atoms with E-state index in [0.29, 0.717) is 47.6 Å². The molecule has 0 amide bonds. The van der Waals surface area contributed by atoms with Crippen molar-refractivity contribution in [1.29, 1.82) is 0 Å². The summed E-state index contributed by atoms with van der Waals surface area (Å²) in [6.07, 6.45) is 5.24. The molecule has 34 heavy (non-hydrogen) atoms. The third-order valence-electron chi connectivity index (χ3n) is 9.77. The van der Waals surface area contributed by atoms with E-state index in [4.69, 9.17) is 14.2 Å². The van der Waals surface area contributed by atoms with E-state index in [1.54, 1.807) is 0 Å². The minimum atomic E-state index is -0.656. The fourth-order valence-corrected chi connectivity index (χ4v) is 8.08. The van der Waals surface area contributed by atoms with Crippen LogP contribution in [0.5, 0.6) is 11.5 Å². The second kappa shape index (κ2) is 7.97. The molecule has 2 bridgehead atoms. The molecular weight excluding hydrogens is 430 g/mol. The zero-order chi connectivity index (χ0) is 23.8. The number of ketones is 1. The van der Waals surface area contributed by atoms with Crippen LogP contribution in [-0.2, 0) is 21.4 Å². The van der Waals surface area contributed by atoms with Crippen molar-refractivity contribution in [3.8, 4) is 11.5 Å². The first-order valence-electron chi connectivity index (χ1n) is 13.2. The molecule has 6 nitrogen and oxygen atoms in total. The van der Waals surface area contributed by atoms with Crippen molar-refractivity contribution >= 4 is 11.9 Å². The summed E-state index contributed by atoms with van der Waals surface area (Å²) in [5, 5.41) is 0. The molecule has 3 aliphatic carbocycles. The lowest BCUT2D eigenvalue weighted by molar-refractivity contribution is -0.138. The van der Waals surface area contributed by atoms with Gasteiger partial charge in [-0.25, -0.2) is 4.79 Å². The molecule has 1 spiro atoms. The smallest absolute Gasteiger partial charge is 0.477 e. The molecule has 7 atom stereocenters. The summed E-state index contributed by atoms with van der Waals surface area (Å²) in [5.74, 6) is 2.96. The lowest BCUT2D eigenvalue weighted by Gasteiger charge is -2.57. The summed E-state index contributed by atoms with van der Waals surface area (Å²) in [6.45, 7) is 7.57. The minimum Gasteiger partial charge on any atom is -0.477 e. The molecule has 184 valence electrons. The minimum absolute atomic E-state index is 0.120. The van der Waals surface area contributed by atoms with E-state index >= 15 is 0 Å². The summed E-state index contributed by atoms with van der Waals surface area (Å²) in [4.78, 5) is 28.5. The number of carbonyl (C=O) groups is 2. The first kappa shape index (κ1) is 22.4. The average Bonchev–Trinajstić information content (AvgIpc) is 3.14. The fraction of sp³-hybridized carbons (Fsp3) is 0.714. The topological polar surface area (TPSA) is 65.1 Å². The van der Waals surface area contributed by atoms with Gasteiger partial charge < -0.3 is 19.1 Å². The van der Waals surface area contributed by atoms with Gasteiger partial charge in [-0.1, -0.05) is 33.3 Å². The molecule has 2 aliphatic heterocycles. The Balaban J connectivity index is 1.31. The number of hydrogen-bond acceptors (Lipinski definition) is 6. The van der Waals surface area contributed by atoms with E-state index < -0.39 is 12.3 Å². The summed E-state index contributed by atoms with van der Waals surface area (Å²) in [6, 6.07) is 4.35. The molecule has 1 aromatic rings. The Hall–Kier alpha value is -2.08. The third kappa shape index (κ3) is 3.16. The normalized spacial score (nSPS) is 38.3. The molecule has 2 heterocycles. The number of likely N-dealkylation sites (tertiary alicyclic amines) is 1. The van der Waals surface area contributed by atoms with Gasteiger partial charge in [0.05, 0.1) is 0 Å². The predicted octanol–water partition coefficient (Wildman–Crippen LogP) is 4.90. The largest absolute Gasteiger partial charge is 0.514 e. The Morgan fingerprint density at radius 1 is 1.24 bits per heavy atom. The number of piperidine rings is 1. The highest BCUT2D eigenvalue weighted by Crippen LogP contribution is 2.63. The molecular formula is C28H37NO5. The summed E-state index contributed by atoms with van der Waals surface area (Å²) in [5.41, 5.74) is 2.10. The van der Waals surface area contributed by atoms with Crippen LogP contribution in [-0.4, -0.2) is 48.7 Å². The zero-order valence-corrected chi connectivity index (χ0v) is 20.8. The number of rotatable bonds is 3. The second-order valence-corrected chi connectivity index (χ2v) is 11.9. The maximum atomic E-state index is 13.1. The maximum Gasteiger partial charge on any atom is 0.514 e. The lowest BCUT2D eigenvalue weighted by Crippen LogP contribution is -2.65. The standard InChI is InChI=1S/C28H37NO5/c1-15(2)18-7-5-16(3)13-23(18)33-27(31)32-22-10-6-17-14-20-19-8-9-21(30)26-28(19,11-12-29(20)4)24(17)25(22)34-26/h6,10,15-16,18-20,23,26H,5,7-9,11-14H2,1-4H3/t16-,18+,19?,20+,23-,26-,28-/m0/s1. The highest BCUT2D eigenvalue weighted by molar-refractivity contribution is 5.89. The first-order chi connectivity index (χ1) is 16.3. The van der Waals surface area contributed by atoms with E-state index in [9.17, 15) is 9.59 Å². The molecule has 0 N–H and O–H groups in total. The van der Waals surface area contributed by atoms with Crippen molar-refractivity contribution < 1.29 is 23.8 Å². The number of Topliss-reactive ketones (excluding diaryl/α,β-unsaturated/α-hetero) is 1. The van der Waals surface area contributed by atoms with Crippen LogP contribution in [0.2, 0.25) is 0 Å². The van der Waals surface area contributed by atoms with Crippen LogP contribution in [0, 0.1) is 23.7 Å². The highest BCUT2D eigenvalue weighted by atomic mass is 16.7. The van der Waals surface area contributed by atoms with E-state index in [0.717, 1.165) is 44.2 Å². The third-order valence-corrected chi connectivity index (χ3v) is 9.77. The van der Waals surface area contributed by atoms with Crippen LogP contribution in [0.25, 0.3) is 0 Å². The average molecular weight is 468 g/mol. The van der Waals surface area contributed by atoms with Gasteiger partial charge in [0.1, 0.15) is 6.10 Å². The Kier molecular flexibility index (Phi) is 5.25. The van der Waals surface area contributed by atoms with Gasteiger partial charge in [0, 0.05) is 23.4 Å². The Morgan fingerprint density at radius 2 is 2.06 bits per heavy atom. The second-order valence-electron chi connectivity index (χ2n) is 11.9. The van der Waals surface area contributed by atoms with Gasteiger partial charge in [-0.3, -0.25) is 4.79 Å². The lowest BCUT2D eigenvalue weighted by atomic mass is 9.52. The predicted molar refractivity (Wildman–Crippen MR) is 127 cm³/mol. The van der Waals surface area contributed by atoms with Crippen molar-refractivity contribution in [3.05, 3.63) is 23.3 Å². The molecule has 0 radical (unpaired) electrons. The summed E-state index contributed by atoms with van der Waals surface area (Å²) >= 11 is 0. The van der Waals surface area contributed by atoms with Crippen LogP contribution < -0.4 is 9.47 Å². The Bertz CT molecular complexity index is 1020. The van der Waals surface area contributed by atoms with Gasteiger partial charge in [-0.2, -0.15) is 0 Å². The van der Waals surface area contributed by atoms with E-state index in [1.807, 2.05) is 6.07 Å². The molecule has 6 heteroatoms. The van der Waals surface area contributed by atoms with Crippen LogP contribution in [0.1, 0.15) is 70.4 Å². The molecule has 3 fully saturated rings. The molecule has 5 aliphatic rings. The molecule has 0 aromatic heterocycles. The van der Waals surface area contributed by atoms with Gasteiger partial charge in [0.2, 0.25) is 0 Å². The van der Waals surface area contributed by atoms with Gasteiger partial charge in [-0.05, 0) is 81.0 Å². The number of benzene rings is 1. The number of likely N-dealkylation sites (N-methyl/N-ethyl adjacent to an activating group) is 1. The SMILES string of the molecule is CC(C)[C@H]1CC[C@H](C)C[C@@H]1OC(=O)Oc1ccc2c3c1O[C@H]1C(=O)CCC4[C@@H](C2)N(C)CC[C@@]341. The van der Waals surface area contributed by atoms with E-state index in [-0.39, 0.29) is 17.3 Å².